The molecule has 6 rings (SSSR count). The van der Waals surface area contributed by atoms with E-state index in [1.54, 1.807) is 0 Å². The summed E-state index contributed by atoms with van der Waals surface area (Å²) in [5, 5.41) is 8.81. The van der Waals surface area contributed by atoms with Gasteiger partial charge in [-0.3, -0.25) is 9.59 Å². The van der Waals surface area contributed by atoms with Crippen LogP contribution in [-0.2, 0) is 0 Å². The molecule has 4 aromatic rings. The fourth-order valence-electron chi connectivity index (χ4n) is 5.73. The molecule has 0 unspecified atom stereocenters. The number of unbranched alkanes of at least 4 members (excludes halogenated alkanes) is 1. The molecule has 0 radical (unpaired) electrons. The second kappa shape index (κ2) is 9.83. The second-order valence-electron chi connectivity index (χ2n) is 9.82. The average molecular weight is 490 g/mol. The molecule has 0 saturated carbocycles. The van der Waals surface area contributed by atoms with E-state index in [9.17, 15) is 9.59 Å². The van der Waals surface area contributed by atoms with Crippen molar-refractivity contribution in [1.82, 2.24) is 10.6 Å². The van der Waals surface area contributed by atoms with E-state index in [0.717, 1.165) is 77.7 Å². The molecule has 1 aliphatic heterocycles. The average Bonchev–Trinajstić information content (AvgIpc) is 3.25. The summed E-state index contributed by atoms with van der Waals surface area (Å²) in [5.41, 5.74) is 6.41. The maximum absolute atomic E-state index is 14.0. The number of nitrogens with zero attached hydrogens (tertiary/aromatic N) is 1. The Bertz CT molecular complexity index is 1510. The van der Waals surface area contributed by atoms with Crippen LogP contribution in [0.25, 0.3) is 33.0 Å². The van der Waals surface area contributed by atoms with E-state index in [1.165, 1.54) is 0 Å². The number of hydrogen-bond donors (Lipinski definition) is 2. The summed E-state index contributed by atoms with van der Waals surface area (Å²) < 4.78 is 0. The van der Waals surface area contributed by atoms with Gasteiger partial charge in [-0.25, -0.2) is 0 Å². The Balaban J connectivity index is 1.67. The third-order valence-electron chi connectivity index (χ3n) is 7.56. The summed E-state index contributed by atoms with van der Waals surface area (Å²) in [6.07, 6.45) is 1.90. The van der Waals surface area contributed by atoms with Gasteiger partial charge in [-0.2, -0.15) is 0 Å². The first-order valence-corrected chi connectivity index (χ1v) is 13.3. The Kier molecular flexibility index (Phi) is 6.23. The van der Waals surface area contributed by atoms with Gasteiger partial charge in [0.15, 0.2) is 5.78 Å². The molecule has 186 valence electrons. The van der Waals surface area contributed by atoms with Crippen molar-refractivity contribution in [2.75, 3.05) is 37.6 Å². The largest absolute Gasteiger partial charge is 0.368 e. The number of piperazine rings is 1. The number of nitrogens with one attached hydrogen (secondary N) is 2. The lowest BCUT2D eigenvalue weighted by Crippen LogP contribution is -2.44. The standard InChI is InChI=1S/C32H31N3O2/c1-2-3-15-34-32(37)29-27(35-18-16-33-17-19-35)20-26(23-14-8-10-21-9-4-5-11-22(21)23)28-24-12-6-7-13-25(24)31(36)30(28)29/h4-14,20,33H,2-3,15-19H2,1H3,(H,34,37). The fourth-order valence-corrected chi connectivity index (χ4v) is 5.73. The molecule has 5 heteroatoms. The van der Waals surface area contributed by atoms with Crippen LogP contribution in [-0.4, -0.2) is 44.4 Å². The number of fused-ring (bicyclic) bond motifs is 4. The maximum Gasteiger partial charge on any atom is 0.254 e. The van der Waals surface area contributed by atoms with Crippen LogP contribution in [0.1, 0.15) is 46.0 Å². The van der Waals surface area contributed by atoms with Gasteiger partial charge in [0.25, 0.3) is 5.91 Å². The highest BCUT2D eigenvalue weighted by molar-refractivity contribution is 6.29. The molecule has 1 aliphatic carbocycles. The minimum absolute atomic E-state index is 0.0651. The highest BCUT2D eigenvalue weighted by Gasteiger charge is 2.37. The predicted molar refractivity (Wildman–Crippen MR) is 151 cm³/mol. The van der Waals surface area contributed by atoms with Crippen LogP contribution < -0.4 is 15.5 Å². The number of ketones is 1. The van der Waals surface area contributed by atoms with Gasteiger partial charge in [0, 0.05) is 49.4 Å². The van der Waals surface area contributed by atoms with E-state index in [2.05, 4.69) is 64.9 Å². The van der Waals surface area contributed by atoms with Crippen molar-refractivity contribution in [1.29, 1.82) is 0 Å². The number of anilines is 1. The zero-order valence-corrected chi connectivity index (χ0v) is 21.1. The monoisotopic (exact) mass is 489 g/mol. The molecule has 37 heavy (non-hydrogen) atoms. The summed E-state index contributed by atoms with van der Waals surface area (Å²) in [6, 6.07) is 24.6. The molecule has 5 nitrogen and oxygen atoms in total. The first-order valence-electron chi connectivity index (χ1n) is 13.3. The third kappa shape index (κ3) is 4.00. The fraction of sp³-hybridized carbons (Fsp3) is 0.250. The summed E-state index contributed by atoms with van der Waals surface area (Å²) in [5.74, 6) is -0.228. The van der Waals surface area contributed by atoms with Gasteiger partial charge < -0.3 is 15.5 Å². The Hall–Kier alpha value is -3.96. The zero-order chi connectivity index (χ0) is 25.4. The molecule has 0 atom stereocenters. The highest BCUT2D eigenvalue weighted by atomic mass is 16.2. The second-order valence-corrected chi connectivity index (χ2v) is 9.82. The first-order chi connectivity index (χ1) is 18.2. The van der Waals surface area contributed by atoms with Gasteiger partial charge >= 0.3 is 0 Å². The quantitative estimate of drug-likeness (QED) is 0.302. The first kappa shape index (κ1) is 23.4. The minimum Gasteiger partial charge on any atom is -0.368 e. The third-order valence-corrected chi connectivity index (χ3v) is 7.56. The van der Waals surface area contributed by atoms with E-state index in [4.69, 9.17) is 0 Å². The molecule has 1 saturated heterocycles. The number of carbonyl (C=O) groups is 2. The summed E-state index contributed by atoms with van der Waals surface area (Å²) in [4.78, 5) is 30.1. The lowest BCUT2D eigenvalue weighted by molar-refractivity contribution is 0.0943. The molecule has 2 N–H and O–H groups in total. The van der Waals surface area contributed by atoms with E-state index in [1.807, 2.05) is 30.3 Å². The van der Waals surface area contributed by atoms with Gasteiger partial charge in [-0.05, 0) is 39.9 Å². The predicted octanol–water partition coefficient (Wildman–Crippen LogP) is 5.66. The molecule has 0 bridgehead atoms. The molecule has 0 aromatic heterocycles. The molecule has 1 amide bonds. The van der Waals surface area contributed by atoms with Crippen LogP contribution in [0.5, 0.6) is 0 Å². The number of hydrogen-bond acceptors (Lipinski definition) is 4. The smallest absolute Gasteiger partial charge is 0.254 e. The van der Waals surface area contributed by atoms with Gasteiger partial charge in [-0.1, -0.05) is 80.1 Å². The van der Waals surface area contributed by atoms with Gasteiger partial charge in [0.05, 0.1) is 11.3 Å². The lowest BCUT2D eigenvalue weighted by Gasteiger charge is -2.32. The molecule has 2 aliphatic rings. The van der Waals surface area contributed by atoms with Crippen molar-refractivity contribution >= 4 is 28.2 Å². The topological polar surface area (TPSA) is 61.4 Å². The van der Waals surface area contributed by atoms with Gasteiger partial charge in [-0.15, -0.1) is 0 Å². The summed E-state index contributed by atoms with van der Waals surface area (Å²) >= 11 is 0. The highest BCUT2D eigenvalue weighted by Crippen LogP contribution is 2.48. The number of amides is 1. The van der Waals surface area contributed by atoms with Crippen molar-refractivity contribution in [3.05, 3.63) is 89.5 Å². The minimum atomic E-state index is -0.163. The Morgan fingerprint density at radius 1 is 0.865 bits per heavy atom. The maximum atomic E-state index is 14.0. The Morgan fingerprint density at radius 2 is 1.57 bits per heavy atom. The van der Waals surface area contributed by atoms with Crippen LogP contribution >= 0.6 is 0 Å². The number of benzene rings is 4. The van der Waals surface area contributed by atoms with E-state index in [0.29, 0.717) is 23.2 Å². The Labute approximate surface area is 217 Å². The van der Waals surface area contributed by atoms with E-state index < -0.39 is 0 Å². The number of rotatable bonds is 6. The van der Waals surface area contributed by atoms with Crippen molar-refractivity contribution < 1.29 is 9.59 Å². The van der Waals surface area contributed by atoms with Crippen LogP contribution in [0.4, 0.5) is 5.69 Å². The summed E-state index contributed by atoms with van der Waals surface area (Å²) in [6.45, 7) is 5.94. The van der Waals surface area contributed by atoms with Crippen molar-refractivity contribution in [2.24, 2.45) is 0 Å². The molecular weight excluding hydrogens is 458 g/mol. The molecule has 4 aromatic carbocycles. The van der Waals surface area contributed by atoms with Gasteiger partial charge in [0.1, 0.15) is 0 Å². The number of carbonyl (C=O) groups excluding carboxylic acids is 2. The zero-order valence-electron chi connectivity index (χ0n) is 21.1. The molecule has 0 spiro atoms. The summed E-state index contributed by atoms with van der Waals surface area (Å²) in [7, 11) is 0. The van der Waals surface area contributed by atoms with Crippen molar-refractivity contribution in [2.45, 2.75) is 19.8 Å². The van der Waals surface area contributed by atoms with Crippen LogP contribution in [0, 0.1) is 0 Å². The molecular formula is C32H31N3O2. The van der Waals surface area contributed by atoms with Crippen molar-refractivity contribution in [3.63, 3.8) is 0 Å². The molecule has 1 fully saturated rings. The van der Waals surface area contributed by atoms with Crippen LogP contribution in [0.3, 0.4) is 0 Å². The van der Waals surface area contributed by atoms with Crippen LogP contribution in [0.15, 0.2) is 72.8 Å². The molecule has 1 heterocycles. The van der Waals surface area contributed by atoms with E-state index in [-0.39, 0.29) is 11.7 Å². The lowest BCUT2D eigenvalue weighted by atomic mass is 9.87. The van der Waals surface area contributed by atoms with Crippen LogP contribution in [0.2, 0.25) is 0 Å². The Morgan fingerprint density at radius 3 is 2.38 bits per heavy atom. The van der Waals surface area contributed by atoms with Crippen molar-refractivity contribution in [3.8, 4) is 22.3 Å². The SMILES string of the molecule is CCCCNC(=O)c1c(N2CCNCC2)cc(-c2cccc3ccccc23)c2c1C(=O)c1ccccc1-2. The van der Waals surface area contributed by atoms with E-state index >= 15 is 0 Å². The van der Waals surface area contributed by atoms with Gasteiger partial charge in [0.2, 0.25) is 0 Å². The normalized spacial score (nSPS) is 14.5.